The van der Waals surface area contributed by atoms with Crippen LogP contribution in [0.2, 0.25) is 10.0 Å². The van der Waals surface area contributed by atoms with E-state index < -0.39 is 10.0 Å². The fraction of sp³-hybridized carbons (Fsp3) is 0.0769. The number of sulfonamides is 1. The van der Waals surface area contributed by atoms with Crippen molar-refractivity contribution in [2.75, 3.05) is 11.8 Å². The van der Waals surface area contributed by atoms with Crippen LogP contribution in [0.4, 0.5) is 5.69 Å². The topological polar surface area (TPSA) is 55.4 Å². The van der Waals surface area contributed by atoms with Crippen LogP contribution < -0.4 is 9.46 Å². The van der Waals surface area contributed by atoms with Crippen molar-refractivity contribution in [3.8, 4) is 5.75 Å². The molecule has 2 aromatic rings. The van der Waals surface area contributed by atoms with Gasteiger partial charge in [0, 0.05) is 10.0 Å². The SMILES string of the molecule is COc1ccc(Cl)cc1S(=O)(=O)Nc1cccc(Cl)c1. The van der Waals surface area contributed by atoms with Gasteiger partial charge in [0.25, 0.3) is 10.0 Å². The minimum atomic E-state index is -3.81. The average Bonchev–Trinajstić information content (AvgIpc) is 2.38. The Balaban J connectivity index is 2.43. The summed E-state index contributed by atoms with van der Waals surface area (Å²) in [6, 6.07) is 10.8. The van der Waals surface area contributed by atoms with E-state index in [4.69, 9.17) is 27.9 Å². The first-order valence-electron chi connectivity index (χ1n) is 5.54. The summed E-state index contributed by atoms with van der Waals surface area (Å²) in [6.45, 7) is 0. The minimum absolute atomic E-state index is 0.0347. The molecule has 7 heteroatoms. The summed E-state index contributed by atoms with van der Waals surface area (Å²) in [5.41, 5.74) is 0.361. The lowest BCUT2D eigenvalue weighted by Gasteiger charge is -2.12. The monoisotopic (exact) mass is 331 g/mol. The highest BCUT2D eigenvalue weighted by molar-refractivity contribution is 7.92. The van der Waals surface area contributed by atoms with E-state index in [1.807, 2.05) is 0 Å². The van der Waals surface area contributed by atoms with E-state index in [9.17, 15) is 8.42 Å². The number of rotatable bonds is 4. The molecule has 0 spiro atoms. The fourth-order valence-corrected chi connectivity index (χ4v) is 3.30. The highest BCUT2D eigenvalue weighted by Crippen LogP contribution is 2.29. The quantitative estimate of drug-likeness (QED) is 0.926. The molecule has 20 heavy (non-hydrogen) atoms. The molecule has 0 fully saturated rings. The summed E-state index contributed by atoms with van der Waals surface area (Å²) in [4.78, 5) is -0.0347. The lowest BCUT2D eigenvalue weighted by molar-refractivity contribution is 0.403. The van der Waals surface area contributed by atoms with Crippen LogP contribution in [0.5, 0.6) is 5.75 Å². The highest BCUT2D eigenvalue weighted by atomic mass is 35.5. The molecule has 0 aliphatic heterocycles. The van der Waals surface area contributed by atoms with Gasteiger partial charge in [-0.05, 0) is 36.4 Å². The van der Waals surface area contributed by atoms with Crippen LogP contribution in [-0.4, -0.2) is 15.5 Å². The molecule has 0 aromatic heterocycles. The maximum atomic E-state index is 12.4. The number of methoxy groups -OCH3 is 1. The van der Waals surface area contributed by atoms with Crippen molar-refractivity contribution < 1.29 is 13.2 Å². The number of ether oxygens (including phenoxy) is 1. The van der Waals surface area contributed by atoms with Crippen molar-refractivity contribution in [3.63, 3.8) is 0 Å². The van der Waals surface area contributed by atoms with E-state index in [2.05, 4.69) is 4.72 Å². The highest BCUT2D eigenvalue weighted by Gasteiger charge is 2.20. The van der Waals surface area contributed by atoms with Gasteiger partial charge in [0.1, 0.15) is 10.6 Å². The van der Waals surface area contributed by atoms with E-state index in [0.29, 0.717) is 15.7 Å². The zero-order valence-corrected chi connectivity index (χ0v) is 12.8. The normalized spacial score (nSPS) is 11.2. The van der Waals surface area contributed by atoms with Crippen LogP contribution >= 0.6 is 23.2 Å². The summed E-state index contributed by atoms with van der Waals surface area (Å²) in [7, 11) is -2.42. The van der Waals surface area contributed by atoms with Gasteiger partial charge in [-0.25, -0.2) is 8.42 Å². The van der Waals surface area contributed by atoms with Crippen LogP contribution in [0.15, 0.2) is 47.4 Å². The number of hydrogen-bond acceptors (Lipinski definition) is 3. The maximum Gasteiger partial charge on any atom is 0.265 e. The van der Waals surface area contributed by atoms with Gasteiger partial charge in [0.2, 0.25) is 0 Å². The molecule has 0 heterocycles. The third-order valence-electron chi connectivity index (χ3n) is 2.49. The summed E-state index contributed by atoms with van der Waals surface area (Å²) >= 11 is 11.7. The molecule has 2 aromatic carbocycles. The molecule has 0 amide bonds. The molecule has 4 nitrogen and oxygen atoms in total. The summed E-state index contributed by atoms with van der Waals surface area (Å²) in [5.74, 6) is 0.212. The van der Waals surface area contributed by atoms with Gasteiger partial charge in [0.05, 0.1) is 12.8 Å². The Hall–Kier alpha value is -1.43. The van der Waals surface area contributed by atoms with Crippen molar-refractivity contribution >= 4 is 38.9 Å². The van der Waals surface area contributed by atoms with Gasteiger partial charge < -0.3 is 4.74 Å². The summed E-state index contributed by atoms with van der Waals surface area (Å²) < 4.78 is 32.2. The molecule has 0 aliphatic carbocycles. The van der Waals surface area contributed by atoms with E-state index >= 15 is 0 Å². The van der Waals surface area contributed by atoms with Crippen LogP contribution in [0.1, 0.15) is 0 Å². The minimum Gasteiger partial charge on any atom is -0.495 e. The Morgan fingerprint density at radius 1 is 1.05 bits per heavy atom. The molecular weight excluding hydrogens is 321 g/mol. The molecule has 0 unspecified atom stereocenters. The van der Waals surface area contributed by atoms with E-state index in [1.54, 1.807) is 24.3 Å². The average molecular weight is 332 g/mol. The second kappa shape index (κ2) is 5.91. The van der Waals surface area contributed by atoms with E-state index in [1.165, 1.54) is 25.3 Å². The standard InChI is InChI=1S/C13H11Cl2NO3S/c1-19-12-6-5-10(15)8-13(12)20(17,18)16-11-4-2-3-9(14)7-11/h2-8,16H,1H3. The Kier molecular flexibility index (Phi) is 4.42. The van der Waals surface area contributed by atoms with Crippen LogP contribution in [0.25, 0.3) is 0 Å². The Bertz CT molecular complexity index is 732. The number of hydrogen-bond donors (Lipinski definition) is 1. The Morgan fingerprint density at radius 2 is 1.75 bits per heavy atom. The predicted octanol–water partition coefficient (Wildman–Crippen LogP) is 3.80. The molecular formula is C13H11Cl2NO3S. The molecule has 0 radical (unpaired) electrons. The summed E-state index contributed by atoms with van der Waals surface area (Å²) in [5, 5.41) is 0.737. The van der Waals surface area contributed by atoms with Gasteiger partial charge in [0.15, 0.2) is 0 Å². The first-order valence-corrected chi connectivity index (χ1v) is 7.78. The maximum absolute atomic E-state index is 12.4. The van der Waals surface area contributed by atoms with E-state index in [-0.39, 0.29) is 10.6 Å². The molecule has 0 aliphatic rings. The van der Waals surface area contributed by atoms with Crippen LogP contribution in [0.3, 0.4) is 0 Å². The number of halogens is 2. The van der Waals surface area contributed by atoms with Crippen molar-refractivity contribution in [1.82, 2.24) is 0 Å². The fourth-order valence-electron chi connectivity index (χ4n) is 1.62. The molecule has 0 saturated heterocycles. The largest absolute Gasteiger partial charge is 0.495 e. The Labute approximate surface area is 127 Å². The number of nitrogens with one attached hydrogen (secondary N) is 1. The van der Waals surface area contributed by atoms with Gasteiger partial charge in [-0.15, -0.1) is 0 Å². The molecule has 0 atom stereocenters. The third-order valence-corrected chi connectivity index (χ3v) is 4.36. The van der Waals surface area contributed by atoms with Gasteiger partial charge in [-0.3, -0.25) is 4.72 Å². The van der Waals surface area contributed by atoms with Crippen LogP contribution in [0, 0.1) is 0 Å². The second-order valence-corrected chi connectivity index (χ2v) is 6.43. The van der Waals surface area contributed by atoms with Gasteiger partial charge >= 0.3 is 0 Å². The second-order valence-electron chi connectivity index (χ2n) is 3.91. The van der Waals surface area contributed by atoms with Crippen LogP contribution in [-0.2, 0) is 10.0 Å². The van der Waals surface area contributed by atoms with Crippen molar-refractivity contribution in [1.29, 1.82) is 0 Å². The lowest BCUT2D eigenvalue weighted by Crippen LogP contribution is -2.14. The van der Waals surface area contributed by atoms with E-state index in [0.717, 1.165) is 0 Å². The molecule has 106 valence electrons. The molecule has 2 rings (SSSR count). The smallest absolute Gasteiger partial charge is 0.265 e. The molecule has 0 bridgehead atoms. The zero-order chi connectivity index (χ0) is 14.8. The first-order chi connectivity index (χ1) is 9.42. The number of benzene rings is 2. The van der Waals surface area contributed by atoms with Gasteiger partial charge in [-0.2, -0.15) is 0 Å². The summed E-state index contributed by atoms with van der Waals surface area (Å²) in [6.07, 6.45) is 0. The Morgan fingerprint density at radius 3 is 2.40 bits per heavy atom. The third kappa shape index (κ3) is 3.36. The van der Waals surface area contributed by atoms with Gasteiger partial charge in [-0.1, -0.05) is 29.3 Å². The molecule has 1 N–H and O–H groups in total. The zero-order valence-electron chi connectivity index (χ0n) is 10.4. The predicted molar refractivity (Wildman–Crippen MR) is 80.3 cm³/mol. The first kappa shape index (κ1) is 15.0. The van der Waals surface area contributed by atoms with Crippen molar-refractivity contribution in [3.05, 3.63) is 52.5 Å². The molecule has 0 saturated carbocycles. The lowest BCUT2D eigenvalue weighted by atomic mass is 10.3. The van der Waals surface area contributed by atoms with Crippen molar-refractivity contribution in [2.24, 2.45) is 0 Å². The van der Waals surface area contributed by atoms with Crippen molar-refractivity contribution in [2.45, 2.75) is 4.90 Å². The number of anilines is 1.